The molecule has 0 spiro atoms. The van der Waals surface area contributed by atoms with Gasteiger partial charge in [-0.25, -0.2) is 4.98 Å². The van der Waals surface area contributed by atoms with E-state index in [-0.39, 0.29) is 24.9 Å². The minimum Gasteiger partial charge on any atom is -0.497 e. The number of methoxy groups -OCH3 is 1. The molecule has 1 heterocycles. The summed E-state index contributed by atoms with van der Waals surface area (Å²) in [6.07, 6.45) is 0. The molecule has 0 aliphatic heterocycles. The number of hydrogen-bond donors (Lipinski definition) is 0. The van der Waals surface area contributed by atoms with Crippen LogP contribution in [-0.4, -0.2) is 56.7 Å². The minimum absolute atomic E-state index is 0. The number of hydrogen-bond acceptors (Lipinski definition) is 6. The molecule has 3 aromatic rings. The van der Waals surface area contributed by atoms with Crippen molar-refractivity contribution in [3.05, 3.63) is 48.0 Å². The number of amides is 1. The molecular weight excluding hydrogens is 410 g/mol. The average Bonchev–Trinajstić information content (AvgIpc) is 3.09. The van der Waals surface area contributed by atoms with Crippen molar-refractivity contribution >= 4 is 45.0 Å². The highest BCUT2D eigenvalue weighted by Gasteiger charge is 2.20. The van der Waals surface area contributed by atoms with E-state index in [2.05, 4.69) is 4.98 Å². The molecule has 156 valence electrons. The van der Waals surface area contributed by atoms with E-state index < -0.39 is 0 Å². The number of likely N-dealkylation sites (N-methyl/N-ethyl adjacent to an activating group) is 1. The molecule has 0 fully saturated rings. The van der Waals surface area contributed by atoms with Crippen molar-refractivity contribution in [2.75, 3.05) is 45.8 Å². The largest absolute Gasteiger partial charge is 0.497 e. The topological polar surface area (TPSA) is 54.9 Å². The zero-order chi connectivity index (χ0) is 20.1. The standard InChI is InChI=1S/C21H25N3O3S.ClH/c1-15-6-5-7-17(12-15)27-14-20(25)24(11-10-23(2)3)21-22-18-9-8-16(26-4)13-19(18)28-21;/h5-9,12-13H,10-11,14H2,1-4H3;1H. The molecule has 29 heavy (non-hydrogen) atoms. The summed E-state index contributed by atoms with van der Waals surface area (Å²) in [5.74, 6) is 1.35. The number of carbonyl (C=O) groups excluding carboxylic acids is 1. The number of fused-ring (bicyclic) bond motifs is 1. The van der Waals surface area contributed by atoms with Gasteiger partial charge in [0.15, 0.2) is 11.7 Å². The van der Waals surface area contributed by atoms with Crippen molar-refractivity contribution in [3.63, 3.8) is 0 Å². The lowest BCUT2D eigenvalue weighted by Gasteiger charge is -2.22. The van der Waals surface area contributed by atoms with Crippen LogP contribution in [0.1, 0.15) is 5.56 Å². The van der Waals surface area contributed by atoms with Gasteiger partial charge in [0.2, 0.25) is 0 Å². The minimum atomic E-state index is -0.116. The number of ether oxygens (including phenoxy) is 2. The highest BCUT2D eigenvalue weighted by molar-refractivity contribution is 7.22. The Labute approximate surface area is 181 Å². The molecule has 2 aromatic carbocycles. The SMILES string of the molecule is COc1ccc2nc(N(CCN(C)C)C(=O)COc3cccc(C)c3)sc2c1.Cl. The van der Waals surface area contributed by atoms with E-state index in [1.807, 2.05) is 68.4 Å². The maximum absolute atomic E-state index is 12.9. The van der Waals surface area contributed by atoms with Crippen LogP contribution in [0.3, 0.4) is 0 Å². The van der Waals surface area contributed by atoms with Gasteiger partial charge in [0.05, 0.1) is 17.3 Å². The Morgan fingerprint density at radius 3 is 2.59 bits per heavy atom. The van der Waals surface area contributed by atoms with Gasteiger partial charge in [0, 0.05) is 13.1 Å². The molecule has 0 bridgehead atoms. The van der Waals surface area contributed by atoms with E-state index >= 15 is 0 Å². The number of nitrogens with zero attached hydrogens (tertiary/aromatic N) is 3. The zero-order valence-electron chi connectivity index (χ0n) is 17.0. The van der Waals surface area contributed by atoms with Crippen molar-refractivity contribution in [1.82, 2.24) is 9.88 Å². The Balaban J connectivity index is 0.00000300. The molecule has 0 radical (unpaired) electrons. The van der Waals surface area contributed by atoms with Gasteiger partial charge in [-0.2, -0.15) is 0 Å². The summed E-state index contributed by atoms with van der Waals surface area (Å²) in [5.41, 5.74) is 1.94. The lowest BCUT2D eigenvalue weighted by Crippen LogP contribution is -2.39. The van der Waals surface area contributed by atoms with Gasteiger partial charge < -0.3 is 14.4 Å². The highest BCUT2D eigenvalue weighted by atomic mass is 35.5. The van der Waals surface area contributed by atoms with Crippen molar-refractivity contribution in [1.29, 1.82) is 0 Å². The van der Waals surface area contributed by atoms with E-state index in [0.29, 0.717) is 17.4 Å². The predicted octanol–water partition coefficient (Wildman–Crippen LogP) is 4.01. The number of rotatable bonds is 8. The molecule has 0 atom stereocenters. The monoisotopic (exact) mass is 435 g/mol. The second kappa shape index (κ2) is 10.4. The van der Waals surface area contributed by atoms with Gasteiger partial charge in [-0.1, -0.05) is 23.5 Å². The van der Waals surface area contributed by atoms with E-state index in [4.69, 9.17) is 9.47 Å². The van der Waals surface area contributed by atoms with Crippen LogP contribution in [0.25, 0.3) is 10.2 Å². The molecule has 0 saturated carbocycles. The van der Waals surface area contributed by atoms with Crippen LogP contribution < -0.4 is 14.4 Å². The first-order valence-electron chi connectivity index (χ1n) is 9.05. The molecular formula is C21H26ClN3O3S. The second-order valence-electron chi connectivity index (χ2n) is 6.78. The Bertz CT molecular complexity index is 961. The predicted molar refractivity (Wildman–Crippen MR) is 121 cm³/mol. The van der Waals surface area contributed by atoms with Crippen LogP contribution >= 0.6 is 23.7 Å². The van der Waals surface area contributed by atoms with Crippen molar-refractivity contribution < 1.29 is 14.3 Å². The van der Waals surface area contributed by atoms with Crippen molar-refractivity contribution in [3.8, 4) is 11.5 Å². The summed E-state index contributed by atoms with van der Waals surface area (Å²) in [6.45, 7) is 3.24. The van der Waals surface area contributed by atoms with Crippen molar-refractivity contribution in [2.24, 2.45) is 0 Å². The molecule has 0 saturated heterocycles. The summed E-state index contributed by atoms with van der Waals surface area (Å²) in [6, 6.07) is 13.4. The van der Waals surface area contributed by atoms with Gasteiger partial charge in [-0.15, -0.1) is 12.4 Å². The van der Waals surface area contributed by atoms with Gasteiger partial charge in [0.25, 0.3) is 5.91 Å². The quantitative estimate of drug-likeness (QED) is 0.535. The zero-order valence-corrected chi connectivity index (χ0v) is 18.7. The third-order valence-electron chi connectivity index (χ3n) is 4.24. The van der Waals surface area contributed by atoms with Gasteiger partial charge in [-0.05, 0) is 56.9 Å². The van der Waals surface area contributed by atoms with Crippen LogP contribution in [0.2, 0.25) is 0 Å². The van der Waals surface area contributed by atoms with Gasteiger partial charge >= 0.3 is 0 Å². The number of benzene rings is 2. The molecule has 6 nitrogen and oxygen atoms in total. The smallest absolute Gasteiger partial charge is 0.266 e. The van der Waals surface area contributed by atoms with E-state index in [9.17, 15) is 4.79 Å². The highest BCUT2D eigenvalue weighted by Crippen LogP contribution is 2.31. The first kappa shape index (κ1) is 22.9. The molecule has 8 heteroatoms. The lowest BCUT2D eigenvalue weighted by molar-refractivity contribution is -0.120. The summed E-state index contributed by atoms with van der Waals surface area (Å²) in [7, 11) is 5.60. The van der Waals surface area contributed by atoms with Crippen LogP contribution in [0, 0.1) is 6.92 Å². The number of aromatic nitrogens is 1. The average molecular weight is 436 g/mol. The maximum atomic E-state index is 12.9. The second-order valence-corrected chi connectivity index (χ2v) is 7.79. The number of halogens is 1. The lowest BCUT2D eigenvalue weighted by atomic mass is 10.2. The molecule has 0 aliphatic carbocycles. The number of thiazole rings is 1. The summed E-state index contributed by atoms with van der Waals surface area (Å²) >= 11 is 1.48. The molecule has 3 rings (SSSR count). The van der Waals surface area contributed by atoms with E-state index in [1.165, 1.54) is 11.3 Å². The van der Waals surface area contributed by atoms with E-state index in [1.54, 1.807) is 12.0 Å². The third kappa shape index (κ3) is 6.06. The molecule has 1 amide bonds. The van der Waals surface area contributed by atoms with Gasteiger partial charge in [-0.3, -0.25) is 9.69 Å². The number of aryl methyl sites for hydroxylation is 1. The van der Waals surface area contributed by atoms with Crippen LogP contribution in [0.5, 0.6) is 11.5 Å². The van der Waals surface area contributed by atoms with Crippen LogP contribution in [-0.2, 0) is 4.79 Å². The molecule has 0 unspecified atom stereocenters. The first-order chi connectivity index (χ1) is 13.5. The summed E-state index contributed by atoms with van der Waals surface area (Å²) < 4.78 is 12.0. The molecule has 0 aliphatic rings. The molecule has 0 N–H and O–H groups in total. The fourth-order valence-electron chi connectivity index (χ4n) is 2.69. The number of carbonyl (C=O) groups is 1. The Morgan fingerprint density at radius 1 is 1.10 bits per heavy atom. The van der Waals surface area contributed by atoms with Crippen LogP contribution in [0.4, 0.5) is 5.13 Å². The fraction of sp³-hybridized carbons (Fsp3) is 0.333. The Kier molecular flexibility index (Phi) is 8.25. The van der Waals surface area contributed by atoms with Crippen LogP contribution in [0.15, 0.2) is 42.5 Å². The van der Waals surface area contributed by atoms with Crippen molar-refractivity contribution in [2.45, 2.75) is 6.92 Å². The summed E-state index contributed by atoms with van der Waals surface area (Å²) in [5, 5.41) is 0.669. The fourth-order valence-corrected chi connectivity index (χ4v) is 3.73. The summed E-state index contributed by atoms with van der Waals surface area (Å²) in [4.78, 5) is 21.3. The van der Waals surface area contributed by atoms with E-state index in [0.717, 1.165) is 28.1 Å². The Morgan fingerprint density at radius 2 is 1.90 bits per heavy atom. The maximum Gasteiger partial charge on any atom is 0.266 e. The number of anilines is 1. The first-order valence-corrected chi connectivity index (χ1v) is 9.87. The Hall–Kier alpha value is -2.35. The van der Waals surface area contributed by atoms with Gasteiger partial charge in [0.1, 0.15) is 11.5 Å². The molecule has 1 aromatic heterocycles. The normalized spacial score (nSPS) is 10.7. The third-order valence-corrected chi connectivity index (χ3v) is 5.28.